The number of benzene rings is 1. The standard InChI is InChI=1S/C14H13ClN2O2/c15-11-6-4-10(5-7-11)8-9-16-14(19)12-2-1-3-13(18)17-12/h1-7H,8-9H2,(H,16,19)(H,17,18). The summed E-state index contributed by atoms with van der Waals surface area (Å²) in [6.07, 6.45) is 0.708. The maximum Gasteiger partial charge on any atom is 0.267 e. The predicted molar refractivity (Wildman–Crippen MR) is 74.6 cm³/mol. The normalized spacial score (nSPS) is 10.2. The second-order valence-electron chi connectivity index (χ2n) is 4.06. The van der Waals surface area contributed by atoms with Crippen LogP contribution in [0.5, 0.6) is 0 Å². The van der Waals surface area contributed by atoms with Gasteiger partial charge in [0.1, 0.15) is 5.69 Å². The molecule has 1 amide bonds. The summed E-state index contributed by atoms with van der Waals surface area (Å²) in [5.74, 6) is -0.285. The van der Waals surface area contributed by atoms with Crippen LogP contribution in [0.25, 0.3) is 0 Å². The molecule has 2 N–H and O–H groups in total. The van der Waals surface area contributed by atoms with Crippen LogP contribution in [0.3, 0.4) is 0 Å². The lowest BCUT2D eigenvalue weighted by molar-refractivity contribution is 0.0949. The molecule has 2 rings (SSSR count). The number of aromatic nitrogens is 1. The highest BCUT2D eigenvalue weighted by atomic mass is 35.5. The molecule has 0 atom stereocenters. The fraction of sp³-hybridized carbons (Fsp3) is 0.143. The molecule has 1 heterocycles. The van der Waals surface area contributed by atoms with Gasteiger partial charge in [-0.15, -0.1) is 0 Å². The lowest BCUT2D eigenvalue weighted by Crippen LogP contribution is -2.28. The predicted octanol–water partition coefficient (Wildman–Crippen LogP) is 2.00. The summed E-state index contributed by atoms with van der Waals surface area (Å²) in [6.45, 7) is 0.497. The lowest BCUT2D eigenvalue weighted by atomic mass is 10.1. The van der Waals surface area contributed by atoms with Crippen molar-refractivity contribution in [3.8, 4) is 0 Å². The van der Waals surface area contributed by atoms with Gasteiger partial charge in [-0.1, -0.05) is 29.8 Å². The van der Waals surface area contributed by atoms with Crippen LogP contribution in [0.4, 0.5) is 0 Å². The minimum Gasteiger partial charge on any atom is -0.350 e. The molecule has 0 radical (unpaired) electrons. The zero-order valence-electron chi connectivity index (χ0n) is 10.2. The summed E-state index contributed by atoms with van der Waals surface area (Å²) in [7, 11) is 0. The van der Waals surface area contributed by atoms with E-state index in [9.17, 15) is 9.59 Å². The highest BCUT2D eigenvalue weighted by Crippen LogP contribution is 2.09. The monoisotopic (exact) mass is 276 g/mol. The summed E-state index contributed by atoms with van der Waals surface area (Å²) < 4.78 is 0. The molecule has 98 valence electrons. The molecule has 0 aliphatic heterocycles. The first kappa shape index (κ1) is 13.4. The van der Waals surface area contributed by atoms with Gasteiger partial charge in [0.2, 0.25) is 5.56 Å². The molecule has 0 bridgehead atoms. The van der Waals surface area contributed by atoms with E-state index in [0.29, 0.717) is 18.0 Å². The topological polar surface area (TPSA) is 62.0 Å². The largest absolute Gasteiger partial charge is 0.350 e. The van der Waals surface area contributed by atoms with Gasteiger partial charge in [0.15, 0.2) is 0 Å². The van der Waals surface area contributed by atoms with E-state index in [1.165, 1.54) is 6.07 Å². The zero-order valence-corrected chi connectivity index (χ0v) is 10.9. The Morgan fingerprint density at radius 2 is 1.89 bits per heavy atom. The molecule has 19 heavy (non-hydrogen) atoms. The summed E-state index contributed by atoms with van der Waals surface area (Å²) in [4.78, 5) is 25.3. The summed E-state index contributed by atoms with van der Waals surface area (Å²) in [5, 5.41) is 3.44. The summed E-state index contributed by atoms with van der Waals surface area (Å²) in [6, 6.07) is 11.9. The Balaban J connectivity index is 1.87. The van der Waals surface area contributed by atoms with Gasteiger partial charge in [-0.2, -0.15) is 0 Å². The number of pyridine rings is 1. The molecule has 0 fully saturated rings. The van der Waals surface area contributed by atoms with E-state index in [2.05, 4.69) is 10.3 Å². The Bertz CT molecular complexity index is 620. The molecule has 0 saturated carbocycles. The van der Waals surface area contributed by atoms with Crippen LogP contribution in [-0.2, 0) is 6.42 Å². The van der Waals surface area contributed by atoms with Crippen LogP contribution in [0.2, 0.25) is 5.02 Å². The van der Waals surface area contributed by atoms with Gasteiger partial charge in [0, 0.05) is 17.6 Å². The van der Waals surface area contributed by atoms with E-state index in [1.54, 1.807) is 12.1 Å². The summed E-state index contributed by atoms with van der Waals surface area (Å²) >= 11 is 5.79. The highest BCUT2D eigenvalue weighted by Gasteiger charge is 2.04. The zero-order chi connectivity index (χ0) is 13.7. The number of hydrogen-bond acceptors (Lipinski definition) is 2. The third-order valence-electron chi connectivity index (χ3n) is 2.63. The number of halogens is 1. The molecular formula is C14H13ClN2O2. The third kappa shape index (κ3) is 3.96. The number of carbonyl (C=O) groups excluding carboxylic acids is 1. The van der Waals surface area contributed by atoms with Crippen molar-refractivity contribution in [3.05, 3.63) is 69.1 Å². The molecular weight excluding hydrogens is 264 g/mol. The molecule has 0 saturated heterocycles. The maximum absolute atomic E-state index is 11.7. The van der Waals surface area contributed by atoms with Crippen molar-refractivity contribution in [2.24, 2.45) is 0 Å². The number of rotatable bonds is 4. The number of aromatic amines is 1. The third-order valence-corrected chi connectivity index (χ3v) is 2.88. The Labute approximate surface area is 115 Å². The molecule has 0 aliphatic carbocycles. The highest BCUT2D eigenvalue weighted by molar-refractivity contribution is 6.30. The van der Waals surface area contributed by atoms with Crippen LogP contribution in [0.1, 0.15) is 16.1 Å². The molecule has 4 nitrogen and oxygen atoms in total. The lowest BCUT2D eigenvalue weighted by Gasteiger charge is -2.05. The number of nitrogens with one attached hydrogen (secondary N) is 2. The minimum atomic E-state index is -0.287. The average Bonchev–Trinajstić information content (AvgIpc) is 2.41. The molecule has 0 aliphatic rings. The SMILES string of the molecule is O=C(NCCc1ccc(Cl)cc1)c1cccc(=O)[nH]1. The van der Waals surface area contributed by atoms with Crippen molar-refractivity contribution in [2.75, 3.05) is 6.54 Å². The van der Waals surface area contributed by atoms with Gasteiger partial charge in [-0.25, -0.2) is 0 Å². The average molecular weight is 277 g/mol. The van der Waals surface area contributed by atoms with Crippen LogP contribution in [0.15, 0.2) is 47.3 Å². The first-order valence-corrected chi connectivity index (χ1v) is 6.25. The molecule has 0 unspecified atom stereocenters. The van der Waals surface area contributed by atoms with Gasteiger partial charge in [0.05, 0.1) is 0 Å². The summed E-state index contributed by atoms with van der Waals surface area (Å²) in [5.41, 5.74) is 1.07. The van der Waals surface area contributed by atoms with Gasteiger partial charge in [0.25, 0.3) is 5.91 Å². The van der Waals surface area contributed by atoms with Gasteiger partial charge in [-0.05, 0) is 30.2 Å². The van der Waals surface area contributed by atoms with Crippen LogP contribution in [0, 0.1) is 0 Å². The molecule has 5 heteroatoms. The smallest absolute Gasteiger partial charge is 0.267 e. The first-order valence-electron chi connectivity index (χ1n) is 5.87. The van der Waals surface area contributed by atoms with Crippen molar-refractivity contribution in [1.82, 2.24) is 10.3 Å². The maximum atomic E-state index is 11.7. The second kappa shape index (κ2) is 6.20. The quantitative estimate of drug-likeness (QED) is 0.897. The molecule has 1 aromatic carbocycles. The number of carbonyl (C=O) groups is 1. The van der Waals surface area contributed by atoms with Crippen molar-refractivity contribution >= 4 is 17.5 Å². The van der Waals surface area contributed by atoms with E-state index in [-0.39, 0.29) is 17.2 Å². The molecule has 2 aromatic rings. The fourth-order valence-electron chi connectivity index (χ4n) is 1.65. The Morgan fingerprint density at radius 1 is 1.16 bits per heavy atom. The van der Waals surface area contributed by atoms with E-state index in [4.69, 9.17) is 11.6 Å². The van der Waals surface area contributed by atoms with Crippen molar-refractivity contribution in [2.45, 2.75) is 6.42 Å². The van der Waals surface area contributed by atoms with Crippen LogP contribution < -0.4 is 10.9 Å². The second-order valence-corrected chi connectivity index (χ2v) is 4.50. The van der Waals surface area contributed by atoms with Crippen molar-refractivity contribution in [3.63, 3.8) is 0 Å². The Kier molecular flexibility index (Phi) is 4.36. The van der Waals surface area contributed by atoms with E-state index in [0.717, 1.165) is 5.56 Å². The molecule has 0 spiro atoms. The van der Waals surface area contributed by atoms with Gasteiger partial charge >= 0.3 is 0 Å². The fourth-order valence-corrected chi connectivity index (χ4v) is 1.77. The van der Waals surface area contributed by atoms with Gasteiger partial charge < -0.3 is 10.3 Å². The van der Waals surface area contributed by atoms with Crippen molar-refractivity contribution in [1.29, 1.82) is 0 Å². The number of H-pyrrole nitrogens is 1. The van der Waals surface area contributed by atoms with Crippen LogP contribution >= 0.6 is 11.6 Å². The van der Waals surface area contributed by atoms with E-state index < -0.39 is 0 Å². The van der Waals surface area contributed by atoms with Crippen LogP contribution in [-0.4, -0.2) is 17.4 Å². The molecule has 1 aromatic heterocycles. The Morgan fingerprint density at radius 3 is 2.58 bits per heavy atom. The Hall–Kier alpha value is -2.07. The first-order chi connectivity index (χ1) is 9.15. The van der Waals surface area contributed by atoms with Gasteiger partial charge in [-0.3, -0.25) is 9.59 Å². The number of hydrogen-bond donors (Lipinski definition) is 2. The van der Waals surface area contributed by atoms with E-state index in [1.807, 2.05) is 24.3 Å². The minimum absolute atomic E-state index is 0.267. The van der Waals surface area contributed by atoms with E-state index >= 15 is 0 Å². The number of amides is 1. The van der Waals surface area contributed by atoms with Crippen molar-refractivity contribution < 1.29 is 4.79 Å².